The van der Waals surface area contributed by atoms with Gasteiger partial charge in [-0.15, -0.1) is 0 Å². The lowest BCUT2D eigenvalue weighted by Crippen LogP contribution is -2.27. The Morgan fingerprint density at radius 1 is 1.82 bits per heavy atom. The number of carbonyl (C=O) groups excluding carboxylic acids is 1. The van der Waals surface area contributed by atoms with Gasteiger partial charge in [0, 0.05) is 13.5 Å². The molecule has 0 N–H and O–H groups in total. The molecule has 3 nitrogen and oxygen atoms in total. The first kappa shape index (κ1) is 8.43. The van der Waals surface area contributed by atoms with Crippen LogP contribution in [0, 0.1) is 0 Å². The molecule has 0 fully saturated rings. The van der Waals surface area contributed by atoms with Gasteiger partial charge in [0.25, 0.3) is 0 Å². The van der Waals surface area contributed by atoms with Gasteiger partial charge in [0.05, 0.1) is 0 Å². The van der Waals surface area contributed by atoms with E-state index < -0.39 is 0 Å². The van der Waals surface area contributed by atoms with Crippen molar-refractivity contribution in [3.05, 3.63) is 11.6 Å². The van der Waals surface area contributed by atoms with Crippen molar-refractivity contribution in [2.24, 2.45) is 0 Å². The molecule has 0 aromatic heterocycles. The van der Waals surface area contributed by atoms with Crippen LogP contribution in [0.2, 0.25) is 0 Å². The SMILES string of the molecule is COC1C=C(C)CC(C=O)O1. The molecule has 0 aliphatic carbocycles. The van der Waals surface area contributed by atoms with E-state index in [1.54, 1.807) is 7.11 Å². The number of rotatable bonds is 2. The fourth-order valence-electron chi connectivity index (χ4n) is 1.08. The molecule has 3 heteroatoms. The van der Waals surface area contributed by atoms with E-state index in [1.807, 2.05) is 13.0 Å². The van der Waals surface area contributed by atoms with E-state index in [2.05, 4.69) is 0 Å². The highest BCUT2D eigenvalue weighted by Gasteiger charge is 2.19. The van der Waals surface area contributed by atoms with Gasteiger partial charge >= 0.3 is 0 Å². The van der Waals surface area contributed by atoms with Crippen LogP contribution in [0.15, 0.2) is 11.6 Å². The number of methoxy groups -OCH3 is 1. The average molecular weight is 156 g/mol. The summed E-state index contributed by atoms with van der Waals surface area (Å²) in [6, 6.07) is 0. The largest absolute Gasteiger partial charge is 0.352 e. The fourth-order valence-corrected chi connectivity index (χ4v) is 1.08. The predicted octanol–water partition coefficient (Wildman–Crippen LogP) is 0.893. The van der Waals surface area contributed by atoms with Gasteiger partial charge in [0.15, 0.2) is 6.29 Å². The second kappa shape index (κ2) is 3.64. The Morgan fingerprint density at radius 3 is 3.09 bits per heavy atom. The normalized spacial score (nSPS) is 31.3. The first-order valence-corrected chi connectivity index (χ1v) is 3.57. The van der Waals surface area contributed by atoms with Crippen molar-refractivity contribution >= 4 is 6.29 Å². The summed E-state index contributed by atoms with van der Waals surface area (Å²) in [5.41, 5.74) is 1.14. The molecule has 11 heavy (non-hydrogen) atoms. The number of ether oxygens (including phenoxy) is 2. The topological polar surface area (TPSA) is 35.5 Å². The Hall–Kier alpha value is -0.670. The van der Waals surface area contributed by atoms with Crippen molar-refractivity contribution in [2.45, 2.75) is 25.7 Å². The quantitative estimate of drug-likeness (QED) is 0.440. The number of carbonyl (C=O) groups is 1. The molecule has 0 bridgehead atoms. The van der Waals surface area contributed by atoms with Crippen LogP contribution in [0.3, 0.4) is 0 Å². The van der Waals surface area contributed by atoms with E-state index >= 15 is 0 Å². The zero-order valence-electron chi connectivity index (χ0n) is 6.74. The third-order valence-electron chi connectivity index (χ3n) is 1.64. The van der Waals surface area contributed by atoms with Crippen molar-refractivity contribution in [1.82, 2.24) is 0 Å². The van der Waals surface area contributed by atoms with Crippen LogP contribution < -0.4 is 0 Å². The summed E-state index contributed by atoms with van der Waals surface area (Å²) in [6.45, 7) is 1.96. The Kier molecular flexibility index (Phi) is 2.79. The molecule has 0 saturated heterocycles. The zero-order chi connectivity index (χ0) is 8.27. The summed E-state index contributed by atoms with van der Waals surface area (Å²) >= 11 is 0. The van der Waals surface area contributed by atoms with Crippen molar-refractivity contribution in [1.29, 1.82) is 0 Å². The Morgan fingerprint density at radius 2 is 2.55 bits per heavy atom. The second-order valence-corrected chi connectivity index (χ2v) is 2.63. The van der Waals surface area contributed by atoms with Crippen molar-refractivity contribution < 1.29 is 14.3 Å². The minimum Gasteiger partial charge on any atom is -0.352 e. The standard InChI is InChI=1S/C8H12O3/c1-6-3-7(5-9)11-8(4-6)10-2/h4-5,7-8H,3H2,1-2H3. The van der Waals surface area contributed by atoms with Crippen LogP contribution >= 0.6 is 0 Å². The van der Waals surface area contributed by atoms with E-state index in [4.69, 9.17) is 9.47 Å². The summed E-state index contributed by atoms with van der Waals surface area (Å²) in [5.74, 6) is 0. The van der Waals surface area contributed by atoms with Gasteiger partial charge in [-0.1, -0.05) is 5.57 Å². The van der Waals surface area contributed by atoms with Crippen LogP contribution in [0.5, 0.6) is 0 Å². The summed E-state index contributed by atoms with van der Waals surface area (Å²) in [4.78, 5) is 10.4. The number of hydrogen-bond acceptors (Lipinski definition) is 3. The molecule has 1 aliphatic heterocycles. The molecular formula is C8H12O3. The monoisotopic (exact) mass is 156 g/mol. The first-order chi connectivity index (χ1) is 5.26. The fraction of sp³-hybridized carbons (Fsp3) is 0.625. The predicted molar refractivity (Wildman–Crippen MR) is 40.1 cm³/mol. The molecule has 2 atom stereocenters. The molecule has 0 saturated carbocycles. The van der Waals surface area contributed by atoms with Gasteiger partial charge in [-0.25, -0.2) is 0 Å². The number of aldehydes is 1. The van der Waals surface area contributed by atoms with Crippen LogP contribution in [0.4, 0.5) is 0 Å². The lowest BCUT2D eigenvalue weighted by molar-refractivity contribution is -0.147. The lowest BCUT2D eigenvalue weighted by atomic mass is 10.1. The zero-order valence-corrected chi connectivity index (χ0v) is 6.74. The highest BCUT2D eigenvalue weighted by Crippen LogP contribution is 2.17. The molecule has 2 unspecified atom stereocenters. The van der Waals surface area contributed by atoms with Crippen molar-refractivity contribution in [2.75, 3.05) is 7.11 Å². The van der Waals surface area contributed by atoms with Gasteiger partial charge in [-0.2, -0.15) is 0 Å². The molecule has 0 spiro atoms. The van der Waals surface area contributed by atoms with Crippen LogP contribution in [-0.4, -0.2) is 25.8 Å². The highest BCUT2D eigenvalue weighted by molar-refractivity contribution is 5.57. The molecule has 0 radical (unpaired) electrons. The van der Waals surface area contributed by atoms with Gasteiger partial charge in [-0.05, 0) is 13.0 Å². The van der Waals surface area contributed by atoms with E-state index in [9.17, 15) is 4.79 Å². The van der Waals surface area contributed by atoms with E-state index in [0.717, 1.165) is 11.9 Å². The first-order valence-electron chi connectivity index (χ1n) is 3.57. The van der Waals surface area contributed by atoms with E-state index in [0.29, 0.717) is 6.42 Å². The van der Waals surface area contributed by atoms with Gasteiger partial charge in [0.1, 0.15) is 12.4 Å². The van der Waals surface area contributed by atoms with Gasteiger partial charge in [0.2, 0.25) is 0 Å². The van der Waals surface area contributed by atoms with E-state index in [-0.39, 0.29) is 12.4 Å². The highest BCUT2D eigenvalue weighted by atomic mass is 16.7. The number of hydrogen-bond donors (Lipinski definition) is 0. The molecule has 1 aliphatic rings. The van der Waals surface area contributed by atoms with Crippen molar-refractivity contribution in [3.8, 4) is 0 Å². The average Bonchev–Trinajstić information content (AvgIpc) is 2.03. The molecule has 0 aromatic carbocycles. The summed E-state index contributed by atoms with van der Waals surface area (Å²) in [7, 11) is 1.56. The third-order valence-corrected chi connectivity index (χ3v) is 1.64. The second-order valence-electron chi connectivity index (χ2n) is 2.63. The summed E-state index contributed by atoms with van der Waals surface area (Å²) in [6.07, 6.45) is 2.69. The Balaban J connectivity index is 2.60. The minimum absolute atomic E-state index is 0.329. The van der Waals surface area contributed by atoms with E-state index in [1.165, 1.54) is 0 Å². The lowest BCUT2D eigenvalue weighted by Gasteiger charge is -2.23. The molecule has 1 rings (SSSR count). The van der Waals surface area contributed by atoms with Crippen LogP contribution in [0.25, 0.3) is 0 Å². The third kappa shape index (κ3) is 2.13. The van der Waals surface area contributed by atoms with Gasteiger partial charge in [-0.3, -0.25) is 0 Å². The molecule has 0 amide bonds. The maximum Gasteiger partial charge on any atom is 0.177 e. The summed E-state index contributed by atoms with van der Waals surface area (Å²) < 4.78 is 10.1. The van der Waals surface area contributed by atoms with Crippen LogP contribution in [-0.2, 0) is 14.3 Å². The molecular weight excluding hydrogens is 144 g/mol. The maximum atomic E-state index is 10.4. The molecule has 62 valence electrons. The molecule has 0 aromatic rings. The van der Waals surface area contributed by atoms with Crippen LogP contribution in [0.1, 0.15) is 13.3 Å². The maximum absolute atomic E-state index is 10.4. The minimum atomic E-state index is -0.348. The van der Waals surface area contributed by atoms with Gasteiger partial charge < -0.3 is 14.3 Å². The summed E-state index contributed by atoms with van der Waals surface area (Å²) in [5, 5.41) is 0. The van der Waals surface area contributed by atoms with Crippen molar-refractivity contribution in [3.63, 3.8) is 0 Å². The smallest absolute Gasteiger partial charge is 0.177 e. The molecule has 1 heterocycles. The Labute approximate surface area is 66.0 Å². The Bertz CT molecular complexity index is 174.